The van der Waals surface area contributed by atoms with Gasteiger partial charge < -0.3 is 14.9 Å². The molecule has 0 aliphatic rings. The number of fused-ring (bicyclic) bond motifs is 1. The van der Waals surface area contributed by atoms with Gasteiger partial charge in [-0.05, 0) is 0 Å². The summed E-state index contributed by atoms with van der Waals surface area (Å²) in [7, 11) is 3.66. The van der Waals surface area contributed by atoms with Crippen molar-refractivity contribution >= 4 is 29.3 Å². The van der Waals surface area contributed by atoms with Crippen LogP contribution in [0, 0.1) is 4.64 Å². The Kier molecular flexibility index (Phi) is 1.77. The molecule has 2 aromatic rings. The molecule has 0 aliphatic carbocycles. The van der Waals surface area contributed by atoms with Crippen molar-refractivity contribution in [3.05, 3.63) is 11.0 Å². The molecule has 0 aliphatic heterocycles. The summed E-state index contributed by atoms with van der Waals surface area (Å²) in [6.45, 7) is 0. The van der Waals surface area contributed by atoms with Gasteiger partial charge in [0.15, 0.2) is 5.65 Å². The lowest BCUT2D eigenvalue weighted by molar-refractivity contribution is 0.872. The van der Waals surface area contributed by atoms with Crippen LogP contribution < -0.4 is 5.32 Å². The molecule has 0 bridgehead atoms. The first-order chi connectivity index (χ1) is 6.24. The zero-order valence-electron chi connectivity index (χ0n) is 7.33. The van der Waals surface area contributed by atoms with Gasteiger partial charge in [-0.15, -0.1) is 0 Å². The predicted molar refractivity (Wildman–Crippen MR) is 53.2 cm³/mol. The fourth-order valence-electron chi connectivity index (χ4n) is 1.19. The summed E-state index contributed by atoms with van der Waals surface area (Å²) in [5.74, 6) is 0.713. The number of H-pyrrole nitrogens is 1. The molecule has 13 heavy (non-hydrogen) atoms. The first-order valence-electron chi connectivity index (χ1n) is 3.82. The van der Waals surface area contributed by atoms with E-state index >= 15 is 0 Å². The largest absolute Gasteiger partial charge is 0.359 e. The van der Waals surface area contributed by atoms with Gasteiger partial charge in [-0.3, -0.25) is 0 Å². The molecule has 0 radical (unpaired) electrons. The van der Waals surface area contributed by atoms with E-state index in [2.05, 4.69) is 20.3 Å². The van der Waals surface area contributed by atoms with Crippen LogP contribution in [0.15, 0.2) is 6.33 Å². The van der Waals surface area contributed by atoms with Gasteiger partial charge in [-0.1, -0.05) is 12.2 Å². The maximum absolute atomic E-state index is 5.21. The fourth-order valence-corrected chi connectivity index (χ4v) is 1.43. The van der Waals surface area contributed by atoms with E-state index in [1.165, 1.54) is 0 Å². The highest BCUT2D eigenvalue weighted by molar-refractivity contribution is 7.71. The molecule has 0 amide bonds. The number of aromatic amines is 1. The minimum Gasteiger partial charge on any atom is -0.359 e. The lowest BCUT2D eigenvalue weighted by Gasteiger charge is -2.06. The molecular weight excluding hydrogens is 186 g/mol. The third-order valence-electron chi connectivity index (χ3n) is 1.89. The second-order valence-corrected chi connectivity index (χ2v) is 3.04. The van der Waals surface area contributed by atoms with Gasteiger partial charge in [0.25, 0.3) is 0 Å². The van der Waals surface area contributed by atoms with E-state index in [4.69, 9.17) is 12.2 Å². The lowest BCUT2D eigenvalue weighted by atomic mass is 10.5. The molecule has 0 aromatic carbocycles. The van der Waals surface area contributed by atoms with Gasteiger partial charge in [-0.25, -0.2) is 4.98 Å². The maximum Gasteiger partial charge on any atom is 0.205 e. The number of anilines is 1. The van der Waals surface area contributed by atoms with E-state index < -0.39 is 0 Å². The molecule has 6 heteroatoms. The van der Waals surface area contributed by atoms with Crippen LogP contribution in [0.4, 0.5) is 5.95 Å². The minimum absolute atomic E-state index is 0.646. The Bertz CT molecular complexity index is 497. The van der Waals surface area contributed by atoms with Crippen LogP contribution in [0.1, 0.15) is 0 Å². The number of hydrogen-bond donors (Lipinski definition) is 2. The van der Waals surface area contributed by atoms with Crippen LogP contribution in [-0.2, 0) is 7.05 Å². The number of rotatable bonds is 1. The number of hydrogen-bond acceptors (Lipinski definition) is 4. The van der Waals surface area contributed by atoms with Crippen molar-refractivity contribution in [3.8, 4) is 0 Å². The van der Waals surface area contributed by atoms with Crippen molar-refractivity contribution in [2.75, 3.05) is 12.4 Å². The highest BCUT2D eigenvalue weighted by Crippen LogP contribution is 2.12. The van der Waals surface area contributed by atoms with Gasteiger partial charge in [0.2, 0.25) is 5.95 Å². The zero-order valence-corrected chi connectivity index (χ0v) is 8.14. The number of imidazole rings is 1. The number of nitrogens with zero attached hydrogens (tertiary/aromatic N) is 3. The SMILES string of the molecule is CNc1nc2nc[nH]c2c(=S)n1C. The third kappa shape index (κ3) is 1.10. The summed E-state index contributed by atoms with van der Waals surface area (Å²) in [6.07, 6.45) is 1.59. The maximum atomic E-state index is 5.21. The van der Waals surface area contributed by atoms with Crippen molar-refractivity contribution in [1.29, 1.82) is 0 Å². The highest BCUT2D eigenvalue weighted by Gasteiger charge is 2.04. The summed E-state index contributed by atoms with van der Waals surface area (Å²) >= 11 is 5.21. The Morgan fingerprint density at radius 2 is 2.38 bits per heavy atom. The van der Waals surface area contributed by atoms with Crippen molar-refractivity contribution in [2.45, 2.75) is 0 Å². The molecule has 2 N–H and O–H groups in total. The molecule has 0 saturated heterocycles. The summed E-state index contributed by atoms with van der Waals surface area (Å²) in [6, 6.07) is 0. The van der Waals surface area contributed by atoms with Crippen molar-refractivity contribution in [3.63, 3.8) is 0 Å². The van der Waals surface area contributed by atoms with Crippen LogP contribution in [0.2, 0.25) is 0 Å². The van der Waals surface area contributed by atoms with Crippen LogP contribution >= 0.6 is 12.2 Å². The van der Waals surface area contributed by atoms with Crippen molar-refractivity contribution in [1.82, 2.24) is 19.5 Å². The van der Waals surface area contributed by atoms with E-state index in [9.17, 15) is 0 Å². The van der Waals surface area contributed by atoms with E-state index in [0.29, 0.717) is 16.2 Å². The zero-order chi connectivity index (χ0) is 9.42. The van der Waals surface area contributed by atoms with Crippen LogP contribution in [0.3, 0.4) is 0 Å². The van der Waals surface area contributed by atoms with E-state index in [0.717, 1.165) is 5.52 Å². The topological polar surface area (TPSA) is 58.5 Å². The number of aromatic nitrogens is 4. The molecule has 0 atom stereocenters. The van der Waals surface area contributed by atoms with Crippen molar-refractivity contribution < 1.29 is 0 Å². The quantitative estimate of drug-likeness (QED) is 0.668. The second kappa shape index (κ2) is 2.81. The number of nitrogens with one attached hydrogen (secondary N) is 2. The van der Waals surface area contributed by atoms with E-state index in [1.807, 2.05) is 7.05 Å². The third-order valence-corrected chi connectivity index (χ3v) is 2.37. The second-order valence-electron chi connectivity index (χ2n) is 2.65. The predicted octanol–water partition coefficient (Wildman–Crippen LogP) is 1.07. The Morgan fingerprint density at radius 3 is 3.08 bits per heavy atom. The van der Waals surface area contributed by atoms with Crippen LogP contribution in [-0.4, -0.2) is 26.6 Å². The first-order valence-corrected chi connectivity index (χ1v) is 4.22. The molecule has 2 rings (SSSR count). The van der Waals surface area contributed by atoms with Crippen LogP contribution in [0.25, 0.3) is 11.2 Å². The normalized spacial score (nSPS) is 10.6. The van der Waals surface area contributed by atoms with Gasteiger partial charge in [0.05, 0.1) is 6.33 Å². The van der Waals surface area contributed by atoms with Gasteiger partial charge in [0.1, 0.15) is 10.2 Å². The molecular formula is C7H9N5S. The van der Waals surface area contributed by atoms with E-state index in [1.54, 1.807) is 17.9 Å². The first kappa shape index (κ1) is 8.18. The fraction of sp³-hybridized carbons (Fsp3) is 0.286. The minimum atomic E-state index is 0.646. The molecule has 2 heterocycles. The average molecular weight is 195 g/mol. The Morgan fingerprint density at radius 1 is 1.62 bits per heavy atom. The summed E-state index contributed by atoms with van der Waals surface area (Å²) in [5, 5.41) is 2.95. The lowest BCUT2D eigenvalue weighted by Crippen LogP contribution is -2.05. The highest BCUT2D eigenvalue weighted by atomic mass is 32.1. The van der Waals surface area contributed by atoms with Gasteiger partial charge in [-0.2, -0.15) is 4.98 Å². The smallest absolute Gasteiger partial charge is 0.205 e. The summed E-state index contributed by atoms with van der Waals surface area (Å²) in [5.41, 5.74) is 1.45. The van der Waals surface area contributed by atoms with Crippen molar-refractivity contribution in [2.24, 2.45) is 7.05 Å². The molecule has 0 saturated carbocycles. The van der Waals surface area contributed by atoms with Gasteiger partial charge in [0, 0.05) is 14.1 Å². The van der Waals surface area contributed by atoms with Crippen LogP contribution in [0.5, 0.6) is 0 Å². The summed E-state index contributed by atoms with van der Waals surface area (Å²) < 4.78 is 2.50. The van der Waals surface area contributed by atoms with E-state index in [-0.39, 0.29) is 0 Å². The standard InChI is InChI=1S/C7H9N5S/c1-8-7-11-5-4(9-3-10-5)6(13)12(7)2/h3H,1-2H3,(H,8,11)(H,9,10). The monoisotopic (exact) mass is 195 g/mol. The van der Waals surface area contributed by atoms with Gasteiger partial charge >= 0.3 is 0 Å². The molecule has 0 fully saturated rings. The Labute approximate surface area is 79.8 Å². The Balaban J connectivity index is 2.92. The molecule has 0 spiro atoms. The molecule has 0 unspecified atom stereocenters. The molecule has 5 nitrogen and oxygen atoms in total. The molecule has 68 valence electrons. The molecule has 2 aromatic heterocycles. The Hall–Kier alpha value is -1.43. The average Bonchev–Trinajstić information content (AvgIpc) is 2.59. The summed E-state index contributed by atoms with van der Waals surface area (Å²) in [4.78, 5) is 11.3.